The molecular weight excluding hydrogens is 483 g/mol. The molecule has 0 unspecified atom stereocenters. The molecule has 0 amide bonds. The number of anilines is 1. The Labute approximate surface area is 202 Å². The maximum atomic E-state index is 13.4. The molecule has 1 heterocycles. The maximum Gasteiger partial charge on any atom is 0.211 e. The van der Waals surface area contributed by atoms with Crippen LogP contribution in [0.4, 0.5) is 10.1 Å². The van der Waals surface area contributed by atoms with Gasteiger partial charge in [0, 0.05) is 29.4 Å². The van der Waals surface area contributed by atoms with E-state index in [9.17, 15) is 12.8 Å². The van der Waals surface area contributed by atoms with Crippen LogP contribution < -0.4 is 19.5 Å². The van der Waals surface area contributed by atoms with Gasteiger partial charge in [-0.15, -0.1) is 0 Å². The van der Waals surface area contributed by atoms with Crippen LogP contribution in [0.2, 0.25) is 5.02 Å². The number of nitrogens with one attached hydrogen (secondary N) is 2. The third-order valence-electron chi connectivity index (χ3n) is 5.69. The van der Waals surface area contributed by atoms with Gasteiger partial charge in [-0.1, -0.05) is 11.6 Å². The van der Waals surface area contributed by atoms with Crippen LogP contribution in [0.3, 0.4) is 0 Å². The lowest BCUT2D eigenvalue weighted by Crippen LogP contribution is -2.40. The fourth-order valence-electron chi connectivity index (χ4n) is 3.81. The average Bonchev–Trinajstić information content (AvgIpc) is 2.82. The highest BCUT2D eigenvalue weighted by atomic mass is 35.5. The minimum atomic E-state index is -3.23. The van der Waals surface area contributed by atoms with Gasteiger partial charge in [-0.05, 0) is 56.9 Å². The third-order valence-corrected chi connectivity index (χ3v) is 7.43. The molecule has 0 atom stereocenters. The Kier molecular flexibility index (Phi) is 7.70. The first-order valence-electron chi connectivity index (χ1n) is 11.0. The largest absolute Gasteiger partial charge is 0.487 e. The first-order chi connectivity index (χ1) is 16.3. The predicted molar refractivity (Wildman–Crippen MR) is 129 cm³/mol. The van der Waals surface area contributed by atoms with Crippen LogP contribution in [0.1, 0.15) is 32.6 Å². The van der Waals surface area contributed by atoms with Crippen molar-refractivity contribution in [3.05, 3.63) is 53.7 Å². The first-order valence-corrected chi connectivity index (χ1v) is 13.1. The zero-order valence-electron chi connectivity index (χ0n) is 18.6. The summed E-state index contributed by atoms with van der Waals surface area (Å²) in [5.74, 6) is 0.636. The average molecular weight is 509 g/mol. The van der Waals surface area contributed by atoms with Crippen molar-refractivity contribution in [2.75, 3.05) is 17.8 Å². The number of halogens is 2. The van der Waals surface area contributed by atoms with Gasteiger partial charge in [0.05, 0.1) is 22.4 Å². The molecule has 11 heteroatoms. The van der Waals surface area contributed by atoms with E-state index in [1.165, 1.54) is 18.5 Å². The Morgan fingerprint density at radius 1 is 1.15 bits per heavy atom. The standard InChI is InChI=1S/C23H26ClFN4O4S/c1-2-34(30,31)29-16-3-6-18(7-4-16)33-23-9-15-12-26-13-27-21(15)11-22(23)32-14-28-17-5-8-20(25)19(24)10-17/h5,8-13,16,18,28-29H,2-4,6-7,14H2,1H3/t16-,18-. The highest BCUT2D eigenvalue weighted by Crippen LogP contribution is 2.34. The van der Waals surface area contributed by atoms with Crippen LogP contribution in [0, 0.1) is 5.82 Å². The molecule has 0 saturated heterocycles. The Morgan fingerprint density at radius 3 is 2.68 bits per heavy atom. The van der Waals surface area contributed by atoms with E-state index in [1.54, 1.807) is 25.3 Å². The number of sulfonamides is 1. The Balaban J connectivity index is 1.43. The molecule has 2 N–H and O–H groups in total. The molecule has 1 fully saturated rings. The summed E-state index contributed by atoms with van der Waals surface area (Å²) in [6.45, 7) is 1.72. The molecule has 8 nitrogen and oxygen atoms in total. The summed E-state index contributed by atoms with van der Waals surface area (Å²) in [5, 5.41) is 3.88. The number of ether oxygens (including phenoxy) is 2. The summed E-state index contributed by atoms with van der Waals surface area (Å²) in [4.78, 5) is 8.35. The molecule has 182 valence electrons. The molecule has 1 aliphatic rings. The number of rotatable bonds is 9. The second-order valence-electron chi connectivity index (χ2n) is 8.09. The highest BCUT2D eigenvalue weighted by Gasteiger charge is 2.26. The van der Waals surface area contributed by atoms with Crippen LogP contribution in [0.5, 0.6) is 11.5 Å². The summed E-state index contributed by atoms with van der Waals surface area (Å²) in [6, 6.07) is 7.88. The topological polar surface area (TPSA) is 102 Å². The first kappa shape index (κ1) is 24.4. The summed E-state index contributed by atoms with van der Waals surface area (Å²) < 4.78 is 52.0. The van der Waals surface area contributed by atoms with Gasteiger partial charge in [0.25, 0.3) is 0 Å². The van der Waals surface area contributed by atoms with Gasteiger partial charge in [-0.25, -0.2) is 27.5 Å². The normalized spacial score (nSPS) is 18.6. The molecule has 34 heavy (non-hydrogen) atoms. The third kappa shape index (κ3) is 6.25. The Hall–Kier alpha value is -2.69. The number of fused-ring (bicyclic) bond motifs is 1. The lowest BCUT2D eigenvalue weighted by Gasteiger charge is -2.29. The minimum absolute atomic E-state index is 0.0215. The monoisotopic (exact) mass is 508 g/mol. The van der Waals surface area contributed by atoms with E-state index in [-0.39, 0.29) is 29.7 Å². The van der Waals surface area contributed by atoms with E-state index in [0.29, 0.717) is 48.4 Å². The number of benzene rings is 2. The summed E-state index contributed by atoms with van der Waals surface area (Å²) in [5.41, 5.74) is 1.32. The number of nitrogens with zero attached hydrogens (tertiary/aromatic N) is 2. The van der Waals surface area contributed by atoms with Crippen molar-refractivity contribution in [2.24, 2.45) is 0 Å². The van der Waals surface area contributed by atoms with Crippen molar-refractivity contribution in [1.29, 1.82) is 0 Å². The van der Waals surface area contributed by atoms with Crippen LogP contribution in [0.15, 0.2) is 42.9 Å². The Bertz CT molecular complexity index is 1250. The quantitative estimate of drug-likeness (QED) is 0.410. The second-order valence-corrected chi connectivity index (χ2v) is 10.5. The van der Waals surface area contributed by atoms with E-state index in [1.807, 2.05) is 6.07 Å². The molecular formula is C23H26ClFN4O4S. The molecule has 4 rings (SSSR count). The fraction of sp³-hybridized carbons (Fsp3) is 0.391. The van der Waals surface area contributed by atoms with E-state index in [0.717, 1.165) is 5.39 Å². The molecule has 0 radical (unpaired) electrons. The molecule has 1 aromatic heterocycles. The van der Waals surface area contributed by atoms with Crippen molar-refractivity contribution >= 4 is 38.2 Å². The fourth-order valence-corrected chi connectivity index (χ4v) is 4.90. The van der Waals surface area contributed by atoms with Gasteiger partial charge in [-0.3, -0.25) is 0 Å². The lowest BCUT2D eigenvalue weighted by molar-refractivity contribution is 0.138. The van der Waals surface area contributed by atoms with E-state index < -0.39 is 15.8 Å². The van der Waals surface area contributed by atoms with E-state index >= 15 is 0 Å². The van der Waals surface area contributed by atoms with Gasteiger partial charge in [-0.2, -0.15) is 0 Å². The molecule has 0 spiro atoms. The predicted octanol–water partition coefficient (Wildman–Crippen LogP) is 4.50. The van der Waals surface area contributed by atoms with Crippen LogP contribution >= 0.6 is 11.6 Å². The van der Waals surface area contributed by atoms with Gasteiger partial charge in [0.2, 0.25) is 10.0 Å². The van der Waals surface area contributed by atoms with Crippen molar-refractivity contribution in [3.63, 3.8) is 0 Å². The van der Waals surface area contributed by atoms with Crippen LogP contribution in [-0.2, 0) is 10.0 Å². The van der Waals surface area contributed by atoms with E-state index in [4.69, 9.17) is 21.1 Å². The number of hydrogen-bond acceptors (Lipinski definition) is 7. The number of aromatic nitrogens is 2. The summed E-state index contributed by atoms with van der Waals surface area (Å²) >= 11 is 5.83. The van der Waals surface area contributed by atoms with Gasteiger partial charge < -0.3 is 14.8 Å². The van der Waals surface area contributed by atoms with Crippen molar-refractivity contribution in [3.8, 4) is 11.5 Å². The molecule has 2 aromatic carbocycles. The smallest absolute Gasteiger partial charge is 0.211 e. The Morgan fingerprint density at radius 2 is 1.94 bits per heavy atom. The SMILES string of the molecule is CCS(=O)(=O)N[C@H]1CC[C@H](Oc2cc3cncnc3cc2OCNc2ccc(F)c(Cl)c2)CC1. The molecule has 3 aromatic rings. The molecule has 1 aliphatic carbocycles. The zero-order valence-corrected chi connectivity index (χ0v) is 20.2. The number of hydrogen-bond donors (Lipinski definition) is 2. The van der Waals surface area contributed by atoms with Crippen LogP contribution in [0.25, 0.3) is 10.9 Å². The van der Waals surface area contributed by atoms with Gasteiger partial charge in [0.1, 0.15) is 12.1 Å². The maximum absolute atomic E-state index is 13.4. The van der Waals surface area contributed by atoms with Gasteiger partial charge >= 0.3 is 0 Å². The van der Waals surface area contributed by atoms with Gasteiger partial charge in [0.15, 0.2) is 18.2 Å². The second kappa shape index (κ2) is 10.7. The van der Waals surface area contributed by atoms with E-state index in [2.05, 4.69) is 20.0 Å². The van der Waals surface area contributed by atoms with Crippen molar-refractivity contribution in [1.82, 2.24) is 14.7 Å². The molecule has 0 aliphatic heterocycles. The summed E-state index contributed by atoms with van der Waals surface area (Å²) in [7, 11) is -3.23. The molecule has 1 saturated carbocycles. The van der Waals surface area contributed by atoms with Crippen LogP contribution in [-0.4, -0.2) is 43.0 Å². The molecule has 0 bridgehead atoms. The highest BCUT2D eigenvalue weighted by molar-refractivity contribution is 7.89. The lowest BCUT2D eigenvalue weighted by atomic mass is 9.93. The minimum Gasteiger partial charge on any atom is -0.487 e. The van der Waals surface area contributed by atoms with Crippen molar-refractivity contribution in [2.45, 2.75) is 44.8 Å². The summed E-state index contributed by atoms with van der Waals surface area (Å²) in [6.07, 6.45) is 5.92. The zero-order chi connectivity index (χ0) is 24.1. The van der Waals surface area contributed by atoms with Crippen molar-refractivity contribution < 1.29 is 22.3 Å².